The normalized spacial score (nSPS) is 14.5. The molecule has 0 saturated heterocycles. The Bertz CT molecular complexity index is 821. The van der Waals surface area contributed by atoms with Crippen LogP contribution < -0.4 is 10.1 Å². The molecule has 1 saturated carbocycles. The SMILES string of the molecule is C=CCn1c(COc2ccccc2F)nnc1SCC(=O)NCC1CCCCC1. The van der Waals surface area contributed by atoms with Gasteiger partial charge in [0.2, 0.25) is 5.91 Å². The van der Waals surface area contributed by atoms with E-state index in [1.54, 1.807) is 24.3 Å². The van der Waals surface area contributed by atoms with E-state index in [4.69, 9.17) is 4.74 Å². The first-order chi connectivity index (χ1) is 14.2. The van der Waals surface area contributed by atoms with Gasteiger partial charge in [0.25, 0.3) is 0 Å². The van der Waals surface area contributed by atoms with Crippen molar-refractivity contribution in [1.29, 1.82) is 0 Å². The molecule has 1 N–H and O–H groups in total. The summed E-state index contributed by atoms with van der Waals surface area (Å²) in [6, 6.07) is 6.23. The van der Waals surface area contributed by atoms with Crippen LogP contribution in [0.2, 0.25) is 0 Å². The minimum atomic E-state index is -0.425. The topological polar surface area (TPSA) is 69.0 Å². The van der Waals surface area contributed by atoms with Crippen molar-refractivity contribution in [3.05, 3.63) is 48.6 Å². The van der Waals surface area contributed by atoms with E-state index in [0.29, 0.717) is 23.4 Å². The Kier molecular flexibility index (Phi) is 8.10. The van der Waals surface area contributed by atoms with Crippen molar-refractivity contribution < 1.29 is 13.9 Å². The highest BCUT2D eigenvalue weighted by Crippen LogP contribution is 2.23. The number of rotatable bonds is 10. The number of carbonyl (C=O) groups is 1. The van der Waals surface area contributed by atoms with Crippen LogP contribution in [0.4, 0.5) is 4.39 Å². The summed E-state index contributed by atoms with van der Waals surface area (Å²) >= 11 is 1.33. The largest absolute Gasteiger partial charge is 0.483 e. The maximum atomic E-state index is 13.7. The molecule has 1 fully saturated rings. The van der Waals surface area contributed by atoms with Gasteiger partial charge >= 0.3 is 0 Å². The summed E-state index contributed by atoms with van der Waals surface area (Å²) in [6.07, 6.45) is 7.96. The Morgan fingerprint density at radius 2 is 2.10 bits per heavy atom. The Balaban J connectivity index is 1.52. The van der Waals surface area contributed by atoms with Crippen LogP contribution in [0.3, 0.4) is 0 Å². The predicted molar refractivity (Wildman–Crippen MR) is 111 cm³/mol. The molecule has 0 unspecified atom stereocenters. The maximum Gasteiger partial charge on any atom is 0.230 e. The van der Waals surface area contributed by atoms with E-state index in [2.05, 4.69) is 22.1 Å². The fraction of sp³-hybridized carbons (Fsp3) is 0.476. The molecule has 0 atom stereocenters. The molecule has 1 aliphatic carbocycles. The molecule has 2 aromatic rings. The van der Waals surface area contributed by atoms with E-state index in [-0.39, 0.29) is 24.0 Å². The number of hydrogen-bond acceptors (Lipinski definition) is 5. The number of ether oxygens (including phenoxy) is 1. The molecule has 1 aliphatic rings. The molecule has 29 heavy (non-hydrogen) atoms. The number of halogens is 1. The monoisotopic (exact) mass is 418 g/mol. The first kappa shape index (κ1) is 21.4. The quantitative estimate of drug-likeness (QED) is 0.467. The molecular formula is C21H27FN4O2S. The summed E-state index contributed by atoms with van der Waals surface area (Å²) in [5, 5.41) is 12.0. The van der Waals surface area contributed by atoms with Crippen LogP contribution in [0.15, 0.2) is 42.1 Å². The molecule has 6 nitrogen and oxygen atoms in total. The fourth-order valence-electron chi connectivity index (χ4n) is 3.38. The number of aromatic nitrogens is 3. The van der Waals surface area contributed by atoms with E-state index in [1.807, 2.05) is 4.57 Å². The van der Waals surface area contributed by atoms with Crippen LogP contribution in [0.25, 0.3) is 0 Å². The fourth-order valence-corrected chi connectivity index (χ4v) is 4.18. The lowest BCUT2D eigenvalue weighted by molar-refractivity contribution is -0.118. The molecule has 156 valence electrons. The lowest BCUT2D eigenvalue weighted by Crippen LogP contribution is -2.31. The van der Waals surface area contributed by atoms with Crippen LogP contribution in [0.1, 0.15) is 37.9 Å². The van der Waals surface area contributed by atoms with Crippen molar-refractivity contribution in [3.63, 3.8) is 0 Å². The molecule has 0 radical (unpaired) electrons. The zero-order valence-electron chi connectivity index (χ0n) is 16.5. The van der Waals surface area contributed by atoms with Crippen LogP contribution in [0.5, 0.6) is 5.75 Å². The molecular weight excluding hydrogens is 391 g/mol. The molecule has 0 aliphatic heterocycles. The van der Waals surface area contributed by atoms with E-state index in [9.17, 15) is 9.18 Å². The number of carbonyl (C=O) groups excluding carboxylic acids is 1. The second kappa shape index (κ2) is 11.0. The summed E-state index contributed by atoms with van der Waals surface area (Å²) in [6.45, 7) is 5.07. The first-order valence-electron chi connectivity index (χ1n) is 9.97. The van der Waals surface area contributed by atoms with Crippen LogP contribution >= 0.6 is 11.8 Å². The zero-order valence-corrected chi connectivity index (χ0v) is 17.3. The highest BCUT2D eigenvalue weighted by molar-refractivity contribution is 7.99. The number of thioether (sulfide) groups is 1. The minimum absolute atomic E-state index is 0.00196. The third-order valence-corrected chi connectivity index (χ3v) is 5.91. The van der Waals surface area contributed by atoms with Gasteiger partial charge in [0, 0.05) is 13.1 Å². The number of benzene rings is 1. The molecule has 1 amide bonds. The Hall–Kier alpha value is -2.35. The van der Waals surface area contributed by atoms with Gasteiger partial charge in [-0.05, 0) is 30.9 Å². The second-order valence-electron chi connectivity index (χ2n) is 7.11. The zero-order chi connectivity index (χ0) is 20.5. The maximum absolute atomic E-state index is 13.7. The molecule has 0 spiro atoms. The second-order valence-corrected chi connectivity index (χ2v) is 8.06. The van der Waals surface area contributed by atoms with Crippen molar-refractivity contribution in [1.82, 2.24) is 20.1 Å². The van der Waals surface area contributed by atoms with Gasteiger partial charge in [-0.1, -0.05) is 49.2 Å². The van der Waals surface area contributed by atoms with Gasteiger partial charge in [0.1, 0.15) is 6.61 Å². The van der Waals surface area contributed by atoms with E-state index in [0.717, 1.165) is 6.54 Å². The number of allylic oxidation sites excluding steroid dienone is 1. The van der Waals surface area contributed by atoms with Crippen molar-refractivity contribution in [2.75, 3.05) is 12.3 Å². The van der Waals surface area contributed by atoms with Gasteiger partial charge in [-0.15, -0.1) is 16.8 Å². The number of para-hydroxylation sites is 1. The highest BCUT2D eigenvalue weighted by atomic mass is 32.2. The van der Waals surface area contributed by atoms with Crippen molar-refractivity contribution in [2.45, 2.75) is 50.4 Å². The average molecular weight is 419 g/mol. The summed E-state index contributed by atoms with van der Waals surface area (Å²) in [5.41, 5.74) is 0. The molecule has 8 heteroatoms. The van der Waals surface area contributed by atoms with Gasteiger partial charge in [-0.3, -0.25) is 9.36 Å². The molecule has 1 aromatic heterocycles. The average Bonchev–Trinajstić information content (AvgIpc) is 3.13. The lowest BCUT2D eigenvalue weighted by Gasteiger charge is -2.21. The van der Waals surface area contributed by atoms with Crippen LogP contribution in [-0.4, -0.2) is 33.0 Å². The third-order valence-electron chi connectivity index (χ3n) is 4.94. The molecule has 3 rings (SSSR count). The number of nitrogens with one attached hydrogen (secondary N) is 1. The van der Waals surface area contributed by atoms with Crippen LogP contribution in [-0.2, 0) is 17.9 Å². The van der Waals surface area contributed by atoms with Crippen molar-refractivity contribution >= 4 is 17.7 Å². The van der Waals surface area contributed by atoms with Gasteiger partial charge in [-0.25, -0.2) is 4.39 Å². The van der Waals surface area contributed by atoms with Gasteiger partial charge in [0.05, 0.1) is 5.75 Å². The van der Waals surface area contributed by atoms with Gasteiger partial charge < -0.3 is 10.1 Å². The molecule has 1 heterocycles. The first-order valence-corrected chi connectivity index (χ1v) is 11.0. The predicted octanol–water partition coefficient (Wildman–Crippen LogP) is 3.97. The van der Waals surface area contributed by atoms with Gasteiger partial charge in [0.15, 0.2) is 22.5 Å². The standard InChI is InChI=1S/C21H27FN4O2S/c1-2-12-26-19(14-28-18-11-7-6-10-17(18)22)24-25-21(26)29-15-20(27)23-13-16-8-4-3-5-9-16/h2,6-7,10-11,16H,1,3-5,8-9,12-15H2,(H,23,27). The van der Waals surface area contributed by atoms with E-state index in [1.165, 1.54) is 49.9 Å². The van der Waals surface area contributed by atoms with E-state index >= 15 is 0 Å². The van der Waals surface area contributed by atoms with Crippen molar-refractivity contribution in [2.24, 2.45) is 5.92 Å². The summed E-state index contributed by atoms with van der Waals surface area (Å²) in [5.74, 6) is 1.17. The molecule has 1 aromatic carbocycles. The van der Waals surface area contributed by atoms with E-state index < -0.39 is 5.82 Å². The van der Waals surface area contributed by atoms with Crippen LogP contribution in [0, 0.1) is 11.7 Å². The molecule has 0 bridgehead atoms. The summed E-state index contributed by atoms with van der Waals surface area (Å²) in [4.78, 5) is 12.2. The Morgan fingerprint density at radius 1 is 1.31 bits per heavy atom. The minimum Gasteiger partial charge on any atom is -0.483 e. The Morgan fingerprint density at radius 3 is 2.86 bits per heavy atom. The number of nitrogens with zero attached hydrogens (tertiary/aromatic N) is 3. The summed E-state index contributed by atoms with van der Waals surface area (Å²) < 4.78 is 21.1. The smallest absolute Gasteiger partial charge is 0.230 e. The number of hydrogen-bond donors (Lipinski definition) is 1. The van der Waals surface area contributed by atoms with Crippen molar-refractivity contribution in [3.8, 4) is 5.75 Å². The Labute approximate surface area is 174 Å². The third kappa shape index (κ3) is 6.32. The van der Waals surface area contributed by atoms with Gasteiger partial charge in [-0.2, -0.15) is 0 Å². The highest BCUT2D eigenvalue weighted by Gasteiger charge is 2.17. The lowest BCUT2D eigenvalue weighted by atomic mass is 9.89. The number of amides is 1. The summed E-state index contributed by atoms with van der Waals surface area (Å²) in [7, 11) is 0.